The molecular formula is C4H3F2N3O. The Labute approximate surface area is 54.9 Å². The highest BCUT2D eigenvalue weighted by molar-refractivity contribution is 4.88. The first kappa shape index (κ1) is 6.79. The second-order valence-corrected chi connectivity index (χ2v) is 1.36. The Morgan fingerprint density at radius 3 is 2.00 bits per heavy atom. The summed E-state index contributed by atoms with van der Waals surface area (Å²) in [5.41, 5.74) is 0. The van der Waals surface area contributed by atoms with Crippen LogP contribution in [-0.2, 0) is 0 Å². The number of hydrogen-bond acceptors (Lipinski definition) is 4. The van der Waals surface area contributed by atoms with Crippen LogP contribution in [0.15, 0.2) is 0 Å². The van der Waals surface area contributed by atoms with Crippen molar-refractivity contribution < 1.29 is 13.5 Å². The normalized spacial score (nSPS) is 9.50. The lowest BCUT2D eigenvalue weighted by molar-refractivity contribution is 0.340. The number of halogens is 2. The maximum absolute atomic E-state index is 12.0. The van der Waals surface area contributed by atoms with E-state index in [4.69, 9.17) is 0 Å². The first-order chi connectivity index (χ1) is 4.72. The van der Waals surface area contributed by atoms with E-state index in [1.807, 2.05) is 0 Å². The van der Waals surface area contributed by atoms with Crippen molar-refractivity contribution in [2.24, 2.45) is 0 Å². The van der Waals surface area contributed by atoms with Crippen molar-refractivity contribution >= 4 is 0 Å². The third-order valence-electron chi connectivity index (χ3n) is 0.743. The van der Waals surface area contributed by atoms with Gasteiger partial charge in [-0.15, -0.1) is 9.97 Å². The molecule has 1 heterocycles. The van der Waals surface area contributed by atoms with E-state index in [0.717, 1.165) is 0 Å². The van der Waals surface area contributed by atoms with E-state index in [1.54, 1.807) is 0 Å². The summed E-state index contributed by atoms with van der Waals surface area (Å²) >= 11 is 0. The van der Waals surface area contributed by atoms with E-state index in [2.05, 4.69) is 19.7 Å². The maximum Gasteiger partial charge on any atom is 0.324 e. The van der Waals surface area contributed by atoms with Crippen molar-refractivity contribution in [2.75, 3.05) is 7.11 Å². The van der Waals surface area contributed by atoms with Gasteiger partial charge in [-0.05, 0) is 0 Å². The van der Waals surface area contributed by atoms with Gasteiger partial charge in [-0.3, -0.25) is 0 Å². The van der Waals surface area contributed by atoms with Gasteiger partial charge in [0.1, 0.15) is 0 Å². The van der Waals surface area contributed by atoms with Crippen LogP contribution in [0.3, 0.4) is 0 Å². The van der Waals surface area contributed by atoms with Crippen LogP contribution < -0.4 is 4.74 Å². The Morgan fingerprint density at radius 1 is 1.10 bits per heavy atom. The molecule has 4 nitrogen and oxygen atoms in total. The minimum absolute atomic E-state index is 0.370. The smallest absolute Gasteiger partial charge is 0.324 e. The van der Waals surface area contributed by atoms with Crippen molar-refractivity contribution in [1.82, 2.24) is 15.0 Å². The van der Waals surface area contributed by atoms with Crippen LogP contribution in [0.4, 0.5) is 8.78 Å². The molecule has 0 saturated carbocycles. The van der Waals surface area contributed by atoms with Crippen molar-refractivity contribution in [3.05, 3.63) is 12.2 Å². The van der Waals surface area contributed by atoms with Gasteiger partial charge in [0, 0.05) is 0 Å². The van der Waals surface area contributed by atoms with Crippen LogP contribution in [0.25, 0.3) is 0 Å². The molecule has 6 heteroatoms. The molecule has 0 fully saturated rings. The predicted molar refractivity (Wildman–Crippen MR) is 26.3 cm³/mol. The molecule has 1 aromatic heterocycles. The zero-order valence-electron chi connectivity index (χ0n) is 5.01. The van der Waals surface area contributed by atoms with Gasteiger partial charge in [-0.1, -0.05) is 0 Å². The molecule has 0 spiro atoms. The molecule has 0 bridgehead atoms. The fourth-order valence-corrected chi connectivity index (χ4v) is 0.400. The molecule has 0 aliphatic heterocycles. The molecule has 0 aliphatic rings. The molecule has 0 unspecified atom stereocenters. The van der Waals surface area contributed by atoms with Crippen LogP contribution in [0.1, 0.15) is 0 Å². The summed E-state index contributed by atoms with van der Waals surface area (Å²) in [5.74, 6) is 0. The van der Waals surface area contributed by atoms with E-state index in [1.165, 1.54) is 7.11 Å². The second kappa shape index (κ2) is 2.51. The summed E-state index contributed by atoms with van der Waals surface area (Å²) in [5, 5.41) is 0. The van der Waals surface area contributed by atoms with Gasteiger partial charge < -0.3 is 4.74 Å². The fraction of sp³-hybridized carbons (Fsp3) is 0.250. The molecule has 1 aromatic rings. The highest BCUT2D eigenvalue weighted by atomic mass is 19.1. The quantitative estimate of drug-likeness (QED) is 0.567. The summed E-state index contributed by atoms with van der Waals surface area (Å²) in [6.45, 7) is 0. The molecule has 54 valence electrons. The lowest BCUT2D eigenvalue weighted by Gasteiger charge is -1.94. The van der Waals surface area contributed by atoms with Gasteiger partial charge in [-0.2, -0.15) is 13.8 Å². The minimum atomic E-state index is -1.19. The SMILES string of the molecule is COc1nc(F)nc(F)n1. The lowest BCUT2D eigenvalue weighted by atomic mass is 11.0. The Bertz CT molecular complexity index is 222. The van der Waals surface area contributed by atoms with Gasteiger partial charge in [0.05, 0.1) is 7.11 Å². The first-order valence-corrected chi connectivity index (χ1v) is 2.33. The average Bonchev–Trinajstić information content (AvgIpc) is 1.85. The van der Waals surface area contributed by atoms with Gasteiger partial charge in [-0.25, -0.2) is 0 Å². The molecule has 0 radical (unpaired) electrons. The van der Waals surface area contributed by atoms with Crippen molar-refractivity contribution in [1.29, 1.82) is 0 Å². The summed E-state index contributed by atoms with van der Waals surface area (Å²) < 4.78 is 28.4. The standard InChI is InChI=1S/C4H3F2N3O/c1-10-4-8-2(5)7-3(6)9-4/h1H3. The largest absolute Gasteiger partial charge is 0.467 e. The predicted octanol–water partition coefficient (Wildman–Crippen LogP) is 0.158. The summed E-state index contributed by atoms with van der Waals surface area (Å²) in [7, 11) is 1.20. The van der Waals surface area contributed by atoms with Crippen molar-refractivity contribution in [3.63, 3.8) is 0 Å². The molecule has 0 saturated heterocycles. The Balaban J connectivity index is 3.06. The fourth-order valence-electron chi connectivity index (χ4n) is 0.400. The molecule has 0 N–H and O–H groups in total. The maximum atomic E-state index is 12.0. The molecule has 1 rings (SSSR count). The summed E-state index contributed by atoms with van der Waals surface area (Å²) in [6, 6.07) is -0.370. The van der Waals surface area contributed by atoms with Gasteiger partial charge in [0.15, 0.2) is 0 Å². The van der Waals surface area contributed by atoms with Crippen LogP contribution in [0.2, 0.25) is 0 Å². The molecule has 0 amide bonds. The number of nitrogens with zero attached hydrogens (tertiary/aromatic N) is 3. The van der Waals surface area contributed by atoms with Crippen LogP contribution in [0, 0.1) is 12.2 Å². The monoisotopic (exact) mass is 147 g/mol. The number of rotatable bonds is 1. The Morgan fingerprint density at radius 2 is 1.60 bits per heavy atom. The molecule has 0 aromatic carbocycles. The number of ether oxygens (including phenoxy) is 1. The average molecular weight is 147 g/mol. The van der Waals surface area contributed by atoms with Crippen LogP contribution >= 0.6 is 0 Å². The summed E-state index contributed by atoms with van der Waals surface area (Å²) in [6.07, 6.45) is -2.38. The van der Waals surface area contributed by atoms with Crippen LogP contribution in [-0.4, -0.2) is 22.1 Å². The minimum Gasteiger partial charge on any atom is -0.467 e. The molecule has 0 aliphatic carbocycles. The highest BCUT2D eigenvalue weighted by Crippen LogP contribution is 1.99. The number of methoxy groups -OCH3 is 1. The number of aromatic nitrogens is 3. The third-order valence-corrected chi connectivity index (χ3v) is 0.743. The topological polar surface area (TPSA) is 47.9 Å². The number of hydrogen-bond donors (Lipinski definition) is 0. The zero-order valence-corrected chi connectivity index (χ0v) is 5.01. The van der Waals surface area contributed by atoms with Crippen molar-refractivity contribution in [2.45, 2.75) is 0 Å². The second-order valence-electron chi connectivity index (χ2n) is 1.36. The van der Waals surface area contributed by atoms with E-state index in [-0.39, 0.29) is 6.01 Å². The Kier molecular flexibility index (Phi) is 1.70. The Hall–Kier alpha value is -1.33. The first-order valence-electron chi connectivity index (χ1n) is 2.33. The summed E-state index contributed by atoms with van der Waals surface area (Å²) in [4.78, 5) is 8.65. The van der Waals surface area contributed by atoms with E-state index in [9.17, 15) is 8.78 Å². The van der Waals surface area contributed by atoms with Crippen molar-refractivity contribution in [3.8, 4) is 6.01 Å². The highest BCUT2D eigenvalue weighted by Gasteiger charge is 2.03. The van der Waals surface area contributed by atoms with Crippen LogP contribution in [0.5, 0.6) is 6.01 Å². The molecule has 0 atom stereocenters. The van der Waals surface area contributed by atoms with Gasteiger partial charge in [0.2, 0.25) is 0 Å². The van der Waals surface area contributed by atoms with E-state index < -0.39 is 12.2 Å². The van der Waals surface area contributed by atoms with Gasteiger partial charge >= 0.3 is 18.2 Å². The zero-order chi connectivity index (χ0) is 7.56. The molecular weight excluding hydrogens is 144 g/mol. The van der Waals surface area contributed by atoms with E-state index >= 15 is 0 Å². The molecule has 10 heavy (non-hydrogen) atoms. The lowest BCUT2D eigenvalue weighted by Crippen LogP contribution is -2.00. The third kappa shape index (κ3) is 1.34. The van der Waals surface area contributed by atoms with E-state index in [0.29, 0.717) is 0 Å². The van der Waals surface area contributed by atoms with Gasteiger partial charge in [0.25, 0.3) is 0 Å².